The van der Waals surface area contributed by atoms with Gasteiger partial charge in [0.15, 0.2) is 5.82 Å². The molecule has 1 aliphatic heterocycles. The summed E-state index contributed by atoms with van der Waals surface area (Å²) in [5, 5.41) is 0. The van der Waals surface area contributed by atoms with E-state index in [0.717, 1.165) is 55.3 Å². The van der Waals surface area contributed by atoms with Crippen molar-refractivity contribution in [2.45, 2.75) is 38.8 Å². The molecule has 0 saturated carbocycles. The summed E-state index contributed by atoms with van der Waals surface area (Å²) >= 11 is 0. The van der Waals surface area contributed by atoms with Crippen molar-refractivity contribution in [1.29, 1.82) is 0 Å². The number of hydrogen-bond donors (Lipinski definition) is 0. The van der Waals surface area contributed by atoms with Gasteiger partial charge in [0, 0.05) is 25.4 Å². The molecule has 134 valence electrons. The Labute approximate surface area is 152 Å². The number of hydrogen-bond acceptors (Lipinski definition) is 4. The van der Waals surface area contributed by atoms with Crippen molar-refractivity contribution >= 4 is 0 Å². The molecule has 1 saturated heterocycles. The minimum Gasteiger partial charge on any atom is -0.290 e. The van der Waals surface area contributed by atoms with Crippen LogP contribution in [0.3, 0.4) is 0 Å². The van der Waals surface area contributed by atoms with Crippen LogP contribution >= 0.6 is 0 Å². The van der Waals surface area contributed by atoms with Gasteiger partial charge in [-0.05, 0) is 37.1 Å². The van der Waals surface area contributed by atoms with Crippen LogP contribution in [0.1, 0.15) is 42.9 Å². The van der Waals surface area contributed by atoms with Crippen molar-refractivity contribution in [2.75, 3.05) is 6.54 Å². The van der Waals surface area contributed by atoms with Gasteiger partial charge in [-0.3, -0.25) is 14.5 Å². The summed E-state index contributed by atoms with van der Waals surface area (Å²) in [6.45, 7) is 3.89. The molecular formula is C20H22FN5. The predicted octanol–water partition coefficient (Wildman–Crippen LogP) is 3.70. The second-order valence-corrected chi connectivity index (χ2v) is 6.62. The van der Waals surface area contributed by atoms with Gasteiger partial charge in [-0.15, -0.1) is 0 Å². The zero-order valence-electron chi connectivity index (χ0n) is 14.8. The van der Waals surface area contributed by atoms with Gasteiger partial charge in [-0.25, -0.2) is 14.4 Å². The third kappa shape index (κ3) is 3.37. The molecule has 6 heteroatoms. The van der Waals surface area contributed by atoms with Crippen LogP contribution in [0.2, 0.25) is 0 Å². The van der Waals surface area contributed by atoms with E-state index in [0.29, 0.717) is 0 Å². The van der Waals surface area contributed by atoms with Gasteiger partial charge in [0.1, 0.15) is 11.6 Å². The lowest BCUT2D eigenvalue weighted by Crippen LogP contribution is -2.24. The maximum Gasteiger partial charge on any atom is 0.156 e. The Kier molecular flexibility index (Phi) is 4.75. The number of benzene rings is 1. The van der Waals surface area contributed by atoms with Crippen LogP contribution in [-0.2, 0) is 13.0 Å². The first kappa shape index (κ1) is 16.8. The topological polar surface area (TPSA) is 46.8 Å². The molecule has 0 radical (unpaired) electrons. The van der Waals surface area contributed by atoms with Crippen molar-refractivity contribution in [1.82, 2.24) is 24.4 Å². The Bertz CT molecular complexity index is 874. The monoisotopic (exact) mass is 351 g/mol. The Balaban J connectivity index is 1.58. The van der Waals surface area contributed by atoms with Crippen LogP contribution in [0.4, 0.5) is 4.39 Å². The Morgan fingerprint density at radius 1 is 1.19 bits per heavy atom. The fraction of sp³-hybridized carbons (Fsp3) is 0.350. The van der Waals surface area contributed by atoms with Crippen LogP contribution in [0.15, 0.2) is 49.1 Å². The fourth-order valence-corrected chi connectivity index (χ4v) is 3.63. The number of likely N-dealkylation sites (tertiary alicyclic amines) is 1. The smallest absolute Gasteiger partial charge is 0.156 e. The summed E-state index contributed by atoms with van der Waals surface area (Å²) in [6, 6.07) is 6.98. The van der Waals surface area contributed by atoms with Crippen molar-refractivity contribution < 1.29 is 4.39 Å². The zero-order valence-corrected chi connectivity index (χ0v) is 14.8. The van der Waals surface area contributed by atoms with Gasteiger partial charge in [0.25, 0.3) is 0 Å². The summed E-state index contributed by atoms with van der Waals surface area (Å²) in [7, 11) is 0. The zero-order chi connectivity index (χ0) is 17.9. The normalized spacial score (nSPS) is 17.7. The van der Waals surface area contributed by atoms with E-state index in [1.54, 1.807) is 12.4 Å². The molecule has 0 spiro atoms. The molecule has 26 heavy (non-hydrogen) atoms. The molecule has 0 N–H and O–H groups in total. The summed E-state index contributed by atoms with van der Waals surface area (Å²) in [4.78, 5) is 16.1. The average molecular weight is 351 g/mol. The van der Waals surface area contributed by atoms with Crippen molar-refractivity contribution in [3.63, 3.8) is 0 Å². The number of aromatic nitrogens is 4. The van der Waals surface area contributed by atoms with Crippen LogP contribution in [0, 0.1) is 5.82 Å². The second kappa shape index (κ2) is 7.33. The summed E-state index contributed by atoms with van der Waals surface area (Å²) in [6.07, 6.45) is 10.4. The molecule has 0 unspecified atom stereocenters. The second-order valence-electron chi connectivity index (χ2n) is 6.62. The lowest BCUT2D eigenvalue weighted by atomic mass is 10.1. The largest absolute Gasteiger partial charge is 0.290 e. The van der Waals surface area contributed by atoms with Crippen molar-refractivity contribution in [2.24, 2.45) is 0 Å². The summed E-state index contributed by atoms with van der Waals surface area (Å²) < 4.78 is 15.1. The van der Waals surface area contributed by atoms with Gasteiger partial charge in [0.2, 0.25) is 0 Å². The van der Waals surface area contributed by atoms with E-state index in [2.05, 4.69) is 21.8 Å². The minimum atomic E-state index is -0.197. The maximum absolute atomic E-state index is 13.1. The number of imidazole rings is 1. The summed E-state index contributed by atoms with van der Waals surface area (Å²) in [5.41, 5.74) is 2.10. The minimum absolute atomic E-state index is 0.197. The third-order valence-corrected chi connectivity index (χ3v) is 4.92. The van der Waals surface area contributed by atoms with E-state index in [1.165, 1.54) is 12.1 Å². The molecule has 1 aromatic carbocycles. The van der Waals surface area contributed by atoms with E-state index < -0.39 is 0 Å². The fourth-order valence-electron chi connectivity index (χ4n) is 3.63. The first-order valence-corrected chi connectivity index (χ1v) is 9.07. The third-order valence-electron chi connectivity index (χ3n) is 4.92. The molecule has 1 aliphatic rings. The highest BCUT2D eigenvalue weighted by atomic mass is 19.1. The van der Waals surface area contributed by atoms with Crippen LogP contribution in [0.25, 0.3) is 5.82 Å². The molecular weight excluding hydrogens is 329 g/mol. The quantitative estimate of drug-likeness (QED) is 0.703. The molecule has 3 heterocycles. The van der Waals surface area contributed by atoms with Crippen LogP contribution < -0.4 is 0 Å². The molecule has 0 amide bonds. The first-order valence-electron chi connectivity index (χ1n) is 9.07. The molecule has 5 nitrogen and oxygen atoms in total. The number of halogens is 1. The van der Waals surface area contributed by atoms with Crippen LogP contribution in [0.5, 0.6) is 0 Å². The highest BCUT2D eigenvalue weighted by Crippen LogP contribution is 2.32. The lowest BCUT2D eigenvalue weighted by Gasteiger charge is -2.24. The number of aryl methyl sites for hydroxylation is 1. The van der Waals surface area contributed by atoms with Crippen molar-refractivity contribution in [3.8, 4) is 5.82 Å². The Morgan fingerprint density at radius 2 is 2.04 bits per heavy atom. The van der Waals surface area contributed by atoms with Gasteiger partial charge in [-0.2, -0.15) is 0 Å². The molecule has 1 atom stereocenters. The van der Waals surface area contributed by atoms with Gasteiger partial charge in [-0.1, -0.05) is 19.1 Å². The van der Waals surface area contributed by atoms with E-state index in [9.17, 15) is 4.39 Å². The SMILES string of the molecule is CCc1nccn1-c1cncc([C@H]2CCCN2Cc2ccc(F)cc2)n1. The van der Waals surface area contributed by atoms with E-state index in [1.807, 2.05) is 29.1 Å². The summed E-state index contributed by atoms with van der Waals surface area (Å²) in [5.74, 6) is 1.59. The van der Waals surface area contributed by atoms with E-state index in [4.69, 9.17) is 4.98 Å². The Hall–Kier alpha value is -2.60. The number of nitrogens with zero attached hydrogens (tertiary/aromatic N) is 5. The molecule has 0 bridgehead atoms. The molecule has 0 aliphatic carbocycles. The van der Waals surface area contributed by atoms with E-state index >= 15 is 0 Å². The standard InChI is InChI=1S/C20H22FN5/c1-2-19-23-9-11-26(19)20-13-22-12-17(24-20)18-4-3-10-25(18)14-15-5-7-16(21)8-6-15/h5-9,11-13,18H,2-4,10,14H2,1H3/t18-/m1/s1. The van der Waals surface area contributed by atoms with Gasteiger partial charge < -0.3 is 0 Å². The molecule has 3 aromatic rings. The molecule has 1 fully saturated rings. The highest BCUT2D eigenvalue weighted by molar-refractivity contribution is 5.24. The maximum atomic E-state index is 13.1. The predicted molar refractivity (Wildman–Crippen MR) is 97.3 cm³/mol. The van der Waals surface area contributed by atoms with Crippen LogP contribution in [-0.4, -0.2) is 31.0 Å². The first-order chi connectivity index (χ1) is 12.7. The van der Waals surface area contributed by atoms with Gasteiger partial charge in [0.05, 0.1) is 24.1 Å². The molecule has 2 aromatic heterocycles. The molecule has 4 rings (SSSR count). The highest BCUT2D eigenvalue weighted by Gasteiger charge is 2.27. The average Bonchev–Trinajstić information content (AvgIpc) is 3.33. The Morgan fingerprint density at radius 3 is 2.85 bits per heavy atom. The van der Waals surface area contributed by atoms with Crippen molar-refractivity contribution in [3.05, 3.63) is 72.0 Å². The number of rotatable bonds is 5. The lowest BCUT2D eigenvalue weighted by molar-refractivity contribution is 0.244. The van der Waals surface area contributed by atoms with E-state index in [-0.39, 0.29) is 11.9 Å². The van der Waals surface area contributed by atoms with Gasteiger partial charge >= 0.3 is 0 Å².